The van der Waals surface area contributed by atoms with Crippen LogP contribution in [0.2, 0.25) is 0 Å². The first-order valence-corrected chi connectivity index (χ1v) is 9.22. The minimum absolute atomic E-state index is 0.394. The average molecular weight is 370 g/mol. The summed E-state index contributed by atoms with van der Waals surface area (Å²) in [6.07, 6.45) is 1.92. The summed E-state index contributed by atoms with van der Waals surface area (Å²) in [7, 11) is 0. The minimum Gasteiger partial charge on any atom is -0.271 e. The molecule has 2 heterocycles. The molecule has 6 nitrogen and oxygen atoms in total. The molecule has 2 aliphatic heterocycles. The molecular formula is C18H15FN4O2S. The summed E-state index contributed by atoms with van der Waals surface area (Å²) < 4.78 is 13.9. The van der Waals surface area contributed by atoms with E-state index in [9.17, 15) is 14.0 Å². The molecule has 1 saturated heterocycles. The number of carbonyl (C=O) groups excluding carboxylic acids is 2. The maximum Gasteiger partial charge on any atom is 0.263 e. The van der Waals surface area contributed by atoms with E-state index in [1.807, 2.05) is 12.3 Å². The minimum atomic E-state index is -0.912. The van der Waals surface area contributed by atoms with E-state index in [2.05, 4.69) is 10.3 Å². The van der Waals surface area contributed by atoms with Gasteiger partial charge in [-0.05, 0) is 49.1 Å². The summed E-state index contributed by atoms with van der Waals surface area (Å²) in [6, 6.07) is 9.96. The summed E-state index contributed by atoms with van der Waals surface area (Å²) >= 11 is 1.52. The van der Waals surface area contributed by atoms with Crippen molar-refractivity contribution >= 4 is 35.0 Å². The Bertz CT molecular complexity index is 949. The van der Waals surface area contributed by atoms with Crippen LogP contribution in [-0.2, 0) is 9.59 Å². The van der Waals surface area contributed by atoms with Crippen LogP contribution in [0.25, 0.3) is 0 Å². The zero-order chi connectivity index (χ0) is 18.4. The average Bonchev–Trinajstić information content (AvgIpc) is 3.18. The molecule has 0 unspecified atom stereocenters. The number of thioether (sulfide) groups is 1. The van der Waals surface area contributed by atoms with Crippen LogP contribution in [-0.4, -0.2) is 30.2 Å². The maximum absolute atomic E-state index is 13.9. The highest BCUT2D eigenvalue weighted by molar-refractivity contribution is 7.98. The van der Waals surface area contributed by atoms with Crippen molar-refractivity contribution < 1.29 is 14.0 Å². The van der Waals surface area contributed by atoms with Crippen LogP contribution in [0.1, 0.15) is 5.56 Å². The van der Waals surface area contributed by atoms with Gasteiger partial charge in [0.25, 0.3) is 11.8 Å². The van der Waals surface area contributed by atoms with Crippen molar-refractivity contribution in [2.75, 3.05) is 16.2 Å². The summed E-state index contributed by atoms with van der Waals surface area (Å²) in [6.45, 7) is 1.65. The van der Waals surface area contributed by atoms with Crippen molar-refractivity contribution in [1.82, 2.24) is 0 Å². The highest BCUT2D eigenvalue weighted by atomic mass is 32.2. The Balaban J connectivity index is 1.70. The summed E-state index contributed by atoms with van der Waals surface area (Å²) in [5, 5.41) is 9.24. The second-order valence-corrected chi connectivity index (χ2v) is 6.97. The second kappa shape index (κ2) is 6.21. The molecule has 2 atom stereocenters. The molecule has 0 N–H and O–H groups in total. The molecule has 2 aliphatic rings. The molecule has 2 amide bonds. The Hall–Kier alpha value is -2.74. The number of halogens is 1. The van der Waals surface area contributed by atoms with E-state index >= 15 is 0 Å². The number of hydrogen-bond donors (Lipinski definition) is 0. The Morgan fingerprint density at radius 1 is 1.08 bits per heavy atom. The van der Waals surface area contributed by atoms with Crippen LogP contribution in [0.15, 0.2) is 57.7 Å². The molecule has 0 saturated carbocycles. The van der Waals surface area contributed by atoms with Gasteiger partial charge in [0, 0.05) is 4.90 Å². The molecule has 0 spiro atoms. The summed E-state index contributed by atoms with van der Waals surface area (Å²) in [5.74, 6) is -1.23. The SMILES string of the molecule is CSc1cccc(N2C(=O)[C@@H]3[C@@H](N=NN3c3ccc(C)c(F)c3)C2=O)c1. The Morgan fingerprint density at radius 3 is 2.62 bits per heavy atom. The molecule has 132 valence electrons. The van der Waals surface area contributed by atoms with E-state index in [0.717, 1.165) is 9.80 Å². The lowest BCUT2D eigenvalue weighted by atomic mass is 10.1. The van der Waals surface area contributed by atoms with Gasteiger partial charge in [-0.3, -0.25) is 9.59 Å². The van der Waals surface area contributed by atoms with Crippen molar-refractivity contribution in [3.63, 3.8) is 0 Å². The Kier molecular flexibility index (Phi) is 3.99. The van der Waals surface area contributed by atoms with E-state index < -0.39 is 29.7 Å². The van der Waals surface area contributed by atoms with Gasteiger partial charge in [0.05, 0.1) is 11.4 Å². The van der Waals surface area contributed by atoms with E-state index in [0.29, 0.717) is 16.9 Å². The van der Waals surface area contributed by atoms with Gasteiger partial charge in [-0.15, -0.1) is 11.8 Å². The monoisotopic (exact) mass is 370 g/mol. The van der Waals surface area contributed by atoms with Crippen molar-refractivity contribution in [1.29, 1.82) is 0 Å². The molecule has 4 rings (SSSR count). The predicted octanol–water partition coefficient (Wildman–Crippen LogP) is 3.35. The van der Waals surface area contributed by atoms with Gasteiger partial charge in [0.15, 0.2) is 12.1 Å². The van der Waals surface area contributed by atoms with Crippen molar-refractivity contribution in [2.45, 2.75) is 23.9 Å². The van der Waals surface area contributed by atoms with Gasteiger partial charge in [-0.1, -0.05) is 17.4 Å². The third kappa shape index (κ3) is 2.48. The number of amides is 2. The lowest BCUT2D eigenvalue weighted by Gasteiger charge is -2.21. The van der Waals surface area contributed by atoms with Crippen molar-refractivity contribution in [3.8, 4) is 0 Å². The molecule has 0 aliphatic carbocycles. The largest absolute Gasteiger partial charge is 0.271 e. The van der Waals surface area contributed by atoms with Crippen LogP contribution in [0.5, 0.6) is 0 Å². The van der Waals surface area contributed by atoms with Crippen LogP contribution in [0.3, 0.4) is 0 Å². The van der Waals surface area contributed by atoms with Gasteiger partial charge in [0.2, 0.25) is 0 Å². The Labute approximate surface area is 153 Å². The van der Waals surface area contributed by atoms with Crippen LogP contribution < -0.4 is 9.91 Å². The number of hydrogen-bond acceptors (Lipinski definition) is 6. The van der Waals surface area contributed by atoms with E-state index in [1.165, 1.54) is 22.8 Å². The predicted molar refractivity (Wildman–Crippen MR) is 96.8 cm³/mol. The first-order valence-electron chi connectivity index (χ1n) is 7.99. The number of rotatable bonds is 3. The maximum atomic E-state index is 13.9. The van der Waals surface area contributed by atoms with E-state index in [4.69, 9.17) is 0 Å². The molecular weight excluding hydrogens is 355 g/mol. The zero-order valence-electron chi connectivity index (χ0n) is 14.1. The van der Waals surface area contributed by atoms with Crippen LogP contribution in [0.4, 0.5) is 15.8 Å². The number of fused-ring (bicyclic) bond motifs is 1. The molecule has 2 aromatic carbocycles. The standard InChI is InChI=1S/C18H15FN4O2S/c1-10-6-7-12(9-14(10)19)23-16-15(20-21-23)17(24)22(18(16)25)11-4-3-5-13(8-11)26-2/h3-9,15-16H,1-2H3/t15-,16+/m1/s1. The van der Waals surface area contributed by atoms with E-state index in [-0.39, 0.29) is 0 Å². The van der Waals surface area contributed by atoms with Crippen LogP contribution >= 0.6 is 11.8 Å². The normalized spacial score (nSPS) is 21.7. The highest BCUT2D eigenvalue weighted by Crippen LogP contribution is 2.36. The fraction of sp³-hybridized carbons (Fsp3) is 0.222. The van der Waals surface area contributed by atoms with Crippen LogP contribution in [0, 0.1) is 12.7 Å². The number of benzene rings is 2. The first-order chi connectivity index (χ1) is 12.5. The second-order valence-electron chi connectivity index (χ2n) is 6.09. The molecule has 0 aromatic heterocycles. The molecule has 8 heteroatoms. The molecule has 1 fully saturated rings. The fourth-order valence-electron chi connectivity index (χ4n) is 3.10. The van der Waals surface area contributed by atoms with Gasteiger partial charge in [-0.25, -0.2) is 14.3 Å². The number of nitrogens with zero attached hydrogens (tertiary/aromatic N) is 4. The van der Waals surface area contributed by atoms with E-state index in [1.54, 1.807) is 37.3 Å². The fourth-order valence-corrected chi connectivity index (χ4v) is 3.55. The lowest BCUT2D eigenvalue weighted by molar-refractivity contribution is -0.121. The van der Waals surface area contributed by atoms with Gasteiger partial charge in [0.1, 0.15) is 5.82 Å². The zero-order valence-corrected chi connectivity index (χ0v) is 14.9. The number of imide groups is 1. The van der Waals surface area contributed by atoms with Crippen molar-refractivity contribution in [2.24, 2.45) is 10.3 Å². The third-order valence-corrected chi connectivity index (χ3v) is 5.24. The topological polar surface area (TPSA) is 65.3 Å². The smallest absolute Gasteiger partial charge is 0.263 e. The molecule has 0 bridgehead atoms. The Morgan fingerprint density at radius 2 is 1.88 bits per heavy atom. The highest BCUT2D eigenvalue weighted by Gasteiger charge is 2.55. The van der Waals surface area contributed by atoms with Crippen molar-refractivity contribution in [3.05, 3.63) is 53.8 Å². The molecule has 2 aromatic rings. The van der Waals surface area contributed by atoms with Gasteiger partial charge in [-0.2, -0.15) is 5.11 Å². The molecule has 26 heavy (non-hydrogen) atoms. The number of carbonyl (C=O) groups is 2. The van der Waals surface area contributed by atoms with Gasteiger partial charge >= 0.3 is 0 Å². The third-order valence-electron chi connectivity index (χ3n) is 4.51. The number of anilines is 2. The van der Waals surface area contributed by atoms with Gasteiger partial charge < -0.3 is 0 Å². The quantitative estimate of drug-likeness (QED) is 0.614. The molecule has 0 radical (unpaired) electrons. The summed E-state index contributed by atoms with van der Waals surface area (Å²) in [5.41, 5.74) is 1.39. The lowest BCUT2D eigenvalue weighted by Crippen LogP contribution is -2.40. The number of aryl methyl sites for hydroxylation is 1. The first kappa shape index (κ1) is 16.7. The summed E-state index contributed by atoms with van der Waals surface area (Å²) in [4.78, 5) is 27.8.